The van der Waals surface area contributed by atoms with Crippen molar-refractivity contribution in [2.24, 2.45) is 0 Å². The summed E-state index contributed by atoms with van der Waals surface area (Å²) in [6, 6.07) is 8.66. The van der Waals surface area contributed by atoms with Gasteiger partial charge in [0.1, 0.15) is 17.6 Å². The number of anilines is 2. The molecule has 2 N–H and O–H groups in total. The van der Waals surface area contributed by atoms with Crippen molar-refractivity contribution in [3.05, 3.63) is 46.5 Å². The number of methoxy groups -OCH3 is 2. The Kier molecular flexibility index (Phi) is 7.16. The van der Waals surface area contributed by atoms with Gasteiger partial charge in [-0.2, -0.15) is 0 Å². The first-order valence-corrected chi connectivity index (χ1v) is 11.4. The number of nitrogens with zero attached hydrogens (tertiary/aromatic N) is 3. The van der Waals surface area contributed by atoms with Gasteiger partial charge in [-0.3, -0.25) is 9.59 Å². The predicted octanol–water partition coefficient (Wildman–Crippen LogP) is 2.12. The van der Waals surface area contributed by atoms with Crippen molar-refractivity contribution in [1.29, 1.82) is 0 Å². The van der Waals surface area contributed by atoms with Crippen LogP contribution in [0.2, 0.25) is 5.02 Å². The summed E-state index contributed by atoms with van der Waals surface area (Å²) in [4.78, 5) is 31.4. The van der Waals surface area contributed by atoms with Crippen LogP contribution < -0.4 is 19.7 Å². The average molecular weight is 489 g/mol. The van der Waals surface area contributed by atoms with E-state index >= 15 is 0 Å². The van der Waals surface area contributed by atoms with Crippen LogP contribution in [0, 0.1) is 0 Å². The third-order valence-electron chi connectivity index (χ3n) is 6.32. The van der Waals surface area contributed by atoms with Crippen LogP contribution in [0.1, 0.15) is 17.2 Å². The highest BCUT2D eigenvalue weighted by atomic mass is 35.5. The van der Waals surface area contributed by atoms with Gasteiger partial charge in [0.2, 0.25) is 0 Å². The number of rotatable bonds is 4. The molecule has 1 saturated heterocycles. The number of likely N-dealkylation sites (N-methyl/N-ethyl adjacent to an activating group) is 1. The van der Waals surface area contributed by atoms with E-state index in [1.807, 2.05) is 6.07 Å². The van der Waals surface area contributed by atoms with E-state index in [0.717, 1.165) is 31.9 Å². The van der Waals surface area contributed by atoms with Gasteiger partial charge in [0.15, 0.2) is 0 Å². The number of benzene rings is 2. The molecule has 9 nitrogen and oxygen atoms in total. The second kappa shape index (κ2) is 10.1. The molecule has 2 aromatic rings. The topological polar surface area (TPSA) is 94.6 Å². The smallest absolute Gasteiger partial charge is 0.313 e. The maximum atomic E-state index is 12.9. The Bertz CT molecular complexity index is 1090. The summed E-state index contributed by atoms with van der Waals surface area (Å²) in [7, 11) is 5.11. The third kappa shape index (κ3) is 4.77. The number of amides is 2. The Hall–Kier alpha value is -3.01. The van der Waals surface area contributed by atoms with Crippen LogP contribution in [0.3, 0.4) is 0 Å². The molecule has 2 heterocycles. The Morgan fingerprint density at radius 1 is 1.06 bits per heavy atom. The van der Waals surface area contributed by atoms with Gasteiger partial charge in [-0.05, 0) is 37.4 Å². The number of piperazine rings is 1. The Morgan fingerprint density at radius 3 is 2.38 bits per heavy atom. The third-order valence-corrected chi connectivity index (χ3v) is 6.62. The molecule has 1 atom stereocenters. The Morgan fingerprint density at radius 2 is 1.74 bits per heavy atom. The lowest BCUT2D eigenvalue weighted by molar-refractivity contribution is -0.145. The molecule has 0 saturated carbocycles. The summed E-state index contributed by atoms with van der Waals surface area (Å²) >= 11 is 6.49. The van der Waals surface area contributed by atoms with Crippen molar-refractivity contribution >= 4 is 34.8 Å². The zero-order chi connectivity index (χ0) is 24.4. The first-order valence-electron chi connectivity index (χ1n) is 11.1. The fraction of sp³-hybridized carbons (Fsp3) is 0.417. The van der Waals surface area contributed by atoms with E-state index in [9.17, 15) is 14.7 Å². The lowest BCUT2D eigenvalue weighted by atomic mass is 9.95. The number of carbonyl (C=O) groups excluding carboxylic acids is 2. The minimum Gasteiger partial charge on any atom is -0.496 e. The van der Waals surface area contributed by atoms with Gasteiger partial charge in [-0.25, -0.2) is 0 Å². The molecule has 0 aliphatic carbocycles. The second-order valence-electron chi connectivity index (χ2n) is 8.47. The van der Waals surface area contributed by atoms with E-state index in [4.69, 9.17) is 21.1 Å². The molecule has 1 fully saturated rings. The number of hydrogen-bond donors (Lipinski definition) is 2. The molecule has 0 bridgehead atoms. The van der Waals surface area contributed by atoms with Gasteiger partial charge in [-0.1, -0.05) is 11.6 Å². The number of β-amino-alcohol motifs (C(OH)–C–C–N with tert-alkyl or cyclic N) is 1. The summed E-state index contributed by atoms with van der Waals surface area (Å²) in [5.41, 5.74) is 2.51. The molecule has 0 spiro atoms. The summed E-state index contributed by atoms with van der Waals surface area (Å²) in [6.07, 6.45) is -1.01. The van der Waals surface area contributed by atoms with Crippen LogP contribution in [0.15, 0.2) is 30.3 Å². The highest BCUT2D eigenvalue weighted by Gasteiger charge is 2.34. The molecule has 0 aromatic heterocycles. The van der Waals surface area contributed by atoms with Crippen molar-refractivity contribution in [3.8, 4) is 11.5 Å². The first-order chi connectivity index (χ1) is 16.3. The molecule has 2 aliphatic rings. The van der Waals surface area contributed by atoms with Gasteiger partial charge >= 0.3 is 11.8 Å². The monoisotopic (exact) mass is 488 g/mol. The van der Waals surface area contributed by atoms with Crippen molar-refractivity contribution in [2.75, 3.05) is 64.2 Å². The van der Waals surface area contributed by atoms with E-state index < -0.39 is 17.9 Å². The summed E-state index contributed by atoms with van der Waals surface area (Å²) in [6.45, 7) is 3.71. The number of nitrogens with one attached hydrogen (secondary N) is 1. The molecule has 2 aliphatic heterocycles. The van der Waals surface area contributed by atoms with E-state index in [1.165, 1.54) is 19.1 Å². The van der Waals surface area contributed by atoms with Crippen LogP contribution in [0.25, 0.3) is 0 Å². The molecule has 10 heteroatoms. The Labute approximate surface area is 203 Å². The number of fused-ring (bicyclic) bond motifs is 1. The molecule has 1 unspecified atom stereocenters. The second-order valence-corrected chi connectivity index (χ2v) is 8.88. The van der Waals surface area contributed by atoms with Crippen LogP contribution in [0.4, 0.5) is 11.4 Å². The van der Waals surface area contributed by atoms with Crippen LogP contribution in [-0.4, -0.2) is 80.7 Å². The highest BCUT2D eigenvalue weighted by molar-refractivity contribution is 6.40. The summed E-state index contributed by atoms with van der Waals surface area (Å²) in [5.74, 6) is -0.538. The average Bonchev–Trinajstić information content (AvgIpc) is 2.83. The van der Waals surface area contributed by atoms with E-state index in [2.05, 4.69) is 22.2 Å². The lowest BCUT2D eigenvalue weighted by Crippen LogP contribution is -2.44. The molecule has 4 rings (SSSR count). The molecule has 182 valence electrons. The van der Waals surface area contributed by atoms with Crippen LogP contribution >= 0.6 is 11.6 Å². The number of ether oxygens (including phenoxy) is 2. The van der Waals surface area contributed by atoms with Crippen LogP contribution in [-0.2, 0) is 16.1 Å². The Balaban J connectivity index is 1.46. The minimum atomic E-state index is -1.01. The van der Waals surface area contributed by atoms with Crippen LogP contribution in [0.5, 0.6) is 11.5 Å². The maximum Gasteiger partial charge on any atom is 0.313 e. The largest absolute Gasteiger partial charge is 0.496 e. The molecule has 0 radical (unpaired) electrons. The van der Waals surface area contributed by atoms with Crippen molar-refractivity contribution in [2.45, 2.75) is 12.6 Å². The van der Waals surface area contributed by atoms with Gasteiger partial charge < -0.3 is 34.6 Å². The molecule has 2 aromatic carbocycles. The zero-order valence-corrected chi connectivity index (χ0v) is 20.3. The SMILES string of the molecule is COc1ccc(OC)c2c1CN(C(=O)C(=O)Nc1ccc(N3CCN(C)CC3)c(Cl)c1)CC2O. The predicted molar refractivity (Wildman–Crippen MR) is 130 cm³/mol. The highest BCUT2D eigenvalue weighted by Crippen LogP contribution is 2.39. The molecular weight excluding hydrogens is 460 g/mol. The fourth-order valence-corrected chi connectivity index (χ4v) is 4.75. The number of aliphatic hydroxyl groups excluding tert-OH is 1. The van der Waals surface area contributed by atoms with Crippen molar-refractivity contribution < 1.29 is 24.2 Å². The quantitative estimate of drug-likeness (QED) is 0.636. The van der Waals surface area contributed by atoms with E-state index in [-0.39, 0.29) is 13.1 Å². The van der Waals surface area contributed by atoms with E-state index in [1.54, 1.807) is 24.3 Å². The molecule has 2 amide bonds. The van der Waals surface area contributed by atoms with Gasteiger partial charge in [0.05, 0.1) is 38.0 Å². The lowest BCUT2D eigenvalue weighted by Gasteiger charge is -2.34. The van der Waals surface area contributed by atoms with E-state index in [0.29, 0.717) is 33.3 Å². The normalized spacial score (nSPS) is 18.3. The van der Waals surface area contributed by atoms with Gasteiger partial charge in [0, 0.05) is 43.0 Å². The maximum absolute atomic E-state index is 12.9. The summed E-state index contributed by atoms with van der Waals surface area (Å²) < 4.78 is 10.8. The van der Waals surface area contributed by atoms with Gasteiger partial charge in [0.25, 0.3) is 0 Å². The standard InChI is InChI=1S/C24H29ClN4O5/c1-27-8-10-28(11-9-27)18-5-4-15(12-17(18)25)26-23(31)24(32)29-13-16-20(33-2)6-7-21(34-3)22(16)19(30)14-29/h4-7,12,19,30H,8-11,13-14H2,1-3H3,(H,26,31). The number of carbonyl (C=O) groups is 2. The minimum absolute atomic E-state index is 0.0358. The first kappa shape index (κ1) is 24.1. The molecular formula is C24H29ClN4O5. The van der Waals surface area contributed by atoms with Gasteiger partial charge in [-0.15, -0.1) is 0 Å². The zero-order valence-electron chi connectivity index (χ0n) is 19.5. The number of aliphatic hydroxyl groups is 1. The number of hydrogen-bond acceptors (Lipinski definition) is 7. The molecule has 34 heavy (non-hydrogen) atoms. The summed E-state index contributed by atoms with van der Waals surface area (Å²) in [5, 5.41) is 13.8. The fourth-order valence-electron chi connectivity index (χ4n) is 4.45. The van der Waals surface area contributed by atoms with Crippen molar-refractivity contribution in [1.82, 2.24) is 9.80 Å². The number of halogens is 1. The van der Waals surface area contributed by atoms with Crippen molar-refractivity contribution in [3.63, 3.8) is 0 Å².